The maximum atomic E-state index is 13.9. The zero-order valence-corrected chi connectivity index (χ0v) is 15.2. The van der Waals surface area contributed by atoms with E-state index in [4.69, 9.17) is 0 Å². The third-order valence-electron chi connectivity index (χ3n) is 5.38. The van der Waals surface area contributed by atoms with Gasteiger partial charge in [-0.25, -0.2) is 23.0 Å². The lowest BCUT2D eigenvalue weighted by atomic mass is 9.85. The van der Waals surface area contributed by atoms with Gasteiger partial charge in [0.05, 0.1) is 29.3 Å². The van der Waals surface area contributed by atoms with Crippen molar-refractivity contribution < 1.29 is 8.78 Å². The van der Waals surface area contributed by atoms with Crippen LogP contribution in [0.4, 0.5) is 20.2 Å². The van der Waals surface area contributed by atoms with Gasteiger partial charge in [-0.2, -0.15) is 0 Å². The number of halogens is 2. The molecule has 5 nitrogen and oxygen atoms in total. The maximum absolute atomic E-state index is 13.9. The highest BCUT2D eigenvalue weighted by Crippen LogP contribution is 2.27. The van der Waals surface area contributed by atoms with E-state index in [1.165, 1.54) is 36.1 Å². The maximum Gasteiger partial charge on any atom is 0.272 e. The Hall–Kier alpha value is -2.70. The van der Waals surface area contributed by atoms with Gasteiger partial charge >= 0.3 is 0 Å². The number of rotatable bonds is 4. The number of anilines is 2. The number of fused-ring (bicyclic) bond motifs is 1. The van der Waals surface area contributed by atoms with Crippen molar-refractivity contribution in [1.29, 1.82) is 0 Å². The molecular weight excluding hydrogens is 350 g/mol. The number of hydrogen-bond acceptors (Lipinski definition) is 3. The van der Waals surface area contributed by atoms with Crippen LogP contribution < -0.4 is 10.9 Å². The summed E-state index contributed by atoms with van der Waals surface area (Å²) in [5.41, 5.74) is 2.00. The van der Waals surface area contributed by atoms with E-state index in [0.717, 1.165) is 30.9 Å². The fourth-order valence-corrected chi connectivity index (χ4v) is 3.92. The van der Waals surface area contributed by atoms with Crippen LogP contribution in [0.2, 0.25) is 0 Å². The molecule has 7 heteroatoms. The minimum absolute atomic E-state index is 0.0433. The van der Waals surface area contributed by atoms with E-state index in [1.54, 1.807) is 24.0 Å². The molecule has 1 N–H and O–H groups in total. The van der Waals surface area contributed by atoms with Gasteiger partial charge in [-0.05, 0) is 24.5 Å². The Bertz CT molecular complexity index is 1030. The van der Waals surface area contributed by atoms with E-state index in [2.05, 4.69) is 10.3 Å². The average Bonchev–Trinajstić information content (AvgIpc) is 2.90. The van der Waals surface area contributed by atoms with Gasteiger partial charge in [-0.1, -0.05) is 32.1 Å². The molecule has 0 radical (unpaired) electrons. The molecular formula is C20H22F2N4O. The Morgan fingerprint density at radius 1 is 1.22 bits per heavy atom. The van der Waals surface area contributed by atoms with Crippen LogP contribution in [-0.2, 0) is 13.5 Å². The van der Waals surface area contributed by atoms with Gasteiger partial charge in [-0.15, -0.1) is 0 Å². The van der Waals surface area contributed by atoms with Crippen molar-refractivity contribution in [1.82, 2.24) is 14.2 Å². The van der Waals surface area contributed by atoms with Crippen molar-refractivity contribution in [3.05, 3.63) is 58.1 Å². The average molecular weight is 372 g/mol. The molecule has 0 bridgehead atoms. The summed E-state index contributed by atoms with van der Waals surface area (Å²) in [6.07, 6.45) is 10.1. The molecule has 4 rings (SSSR count). The summed E-state index contributed by atoms with van der Waals surface area (Å²) < 4.78 is 30.1. The molecule has 1 aliphatic rings. The number of benzene rings is 1. The molecule has 0 amide bonds. The van der Waals surface area contributed by atoms with Gasteiger partial charge < -0.3 is 5.32 Å². The second kappa shape index (κ2) is 7.13. The summed E-state index contributed by atoms with van der Waals surface area (Å²) in [5, 5.41) is 2.89. The van der Waals surface area contributed by atoms with E-state index in [9.17, 15) is 13.6 Å². The first kappa shape index (κ1) is 17.7. The molecule has 0 saturated heterocycles. The van der Waals surface area contributed by atoms with Crippen LogP contribution in [0.1, 0.15) is 37.7 Å². The fraction of sp³-hybridized carbons (Fsp3) is 0.400. The zero-order valence-electron chi connectivity index (χ0n) is 15.2. The van der Waals surface area contributed by atoms with Gasteiger partial charge in [0.1, 0.15) is 11.6 Å². The number of aryl methyl sites for hydroxylation is 1. The van der Waals surface area contributed by atoms with Crippen molar-refractivity contribution in [3.63, 3.8) is 0 Å². The van der Waals surface area contributed by atoms with Gasteiger partial charge in [0.2, 0.25) is 0 Å². The van der Waals surface area contributed by atoms with E-state index < -0.39 is 11.6 Å². The topological polar surface area (TPSA) is 51.3 Å². The quantitative estimate of drug-likeness (QED) is 0.748. The van der Waals surface area contributed by atoms with E-state index >= 15 is 0 Å². The second-order valence-electron chi connectivity index (χ2n) is 7.28. The van der Waals surface area contributed by atoms with Crippen molar-refractivity contribution >= 4 is 17.0 Å². The van der Waals surface area contributed by atoms with Crippen molar-refractivity contribution in [2.24, 2.45) is 13.0 Å². The molecule has 142 valence electrons. The highest BCUT2D eigenvalue weighted by atomic mass is 19.1. The predicted octanol–water partition coefficient (Wildman–Crippen LogP) is 4.18. The Morgan fingerprint density at radius 3 is 2.74 bits per heavy atom. The largest absolute Gasteiger partial charge is 0.351 e. The summed E-state index contributed by atoms with van der Waals surface area (Å²) in [7, 11) is 1.70. The molecule has 2 aromatic heterocycles. The normalized spacial score (nSPS) is 15.4. The molecule has 1 saturated carbocycles. The molecule has 1 aromatic carbocycles. The summed E-state index contributed by atoms with van der Waals surface area (Å²) in [5.74, 6) is -0.785. The van der Waals surface area contributed by atoms with Gasteiger partial charge in [0.15, 0.2) is 5.65 Å². The molecule has 2 heterocycles. The molecule has 1 fully saturated rings. The van der Waals surface area contributed by atoms with Gasteiger partial charge in [-0.3, -0.25) is 4.79 Å². The lowest BCUT2D eigenvalue weighted by molar-refractivity contribution is 0.356. The van der Waals surface area contributed by atoms with Crippen molar-refractivity contribution in [2.75, 3.05) is 5.32 Å². The predicted molar refractivity (Wildman–Crippen MR) is 100 cm³/mol. The van der Waals surface area contributed by atoms with Crippen LogP contribution >= 0.6 is 0 Å². The first-order chi connectivity index (χ1) is 13.0. The third-order valence-corrected chi connectivity index (χ3v) is 5.38. The zero-order chi connectivity index (χ0) is 19.0. The minimum Gasteiger partial charge on any atom is -0.351 e. The standard InChI is InChI=1S/C20H22F2N4O/c1-25-20(27)16(9-13-5-3-2-4-6-13)19-23-11-15(12-26(19)25)24-18-8-7-14(21)10-17(18)22/h7-8,10-13,24H,2-6,9H2,1H3. The van der Waals surface area contributed by atoms with Crippen molar-refractivity contribution in [3.8, 4) is 0 Å². The molecule has 1 aliphatic carbocycles. The second-order valence-corrected chi connectivity index (χ2v) is 7.28. The summed E-state index contributed by atoms with van der Waals surface area (Å²) in [6, 6.07) is 3.34. The minimum atomic E-state index is -0.686. The Labute approximate surface area is 155 Å². The molecule has 0 aliphatic heterocycles. The Morgan fingerprint density at radius 2 is 2.00 bits per heavy atom. The van der Waals surface area contributed by atoms with Crippen LogP contribution in [0.5, 0.6) is 0 Å². The van der Waals surface area contributed by atoms with Gasteiger partial charge in [0, 0.05) is 13.1 Å². The fourth-order valence-electron chi connectivity index (χ4n) is 3.92. The number of hydrogen-bond donors (Lipinski definition) is 1. The van der Waals surface area contributed by atoms with E-state index in [0.29, 0.717) is 17.3 Å². The smallest absolute Gasteiger partial charge is 0.272 e. The summed E-state index contributed by atoms with van der Waals surface area (Å²) >= 11 is 0. The van der Waals surface area contributed by atoms with Gasteiger partial charge in [0.25, 0.3) is 5.56 Å². The van der Waals surface area contributed by atoms with E-state index in [1.807, 2.05) is 0 Å². The first-order valence-electron chi connectivity index (χ1n) is 9.31. The van der Waals surface area contributed by atoms with Crippen LogP contribution in [0, 0.1) is 17.6 Å². The van der Waals surface area contributed by atoms with E-state index in [-0.39, 0.29) is 11.2 Å². The Balaban J connectivity index is 1.66. The molecule has 3 aromatic rings. The summed E-state index contributed by atoms with van der Waals surface area (Å²) in [6.45, 7) is 0. The Kier molecular flexibility index (Phi) is 4.68. The van der Waals surface area contributed by atoms with Crippen molar-refractivity contribution in [2.45, 2.75) is 38.5 Å². The molecule has 0 atom stereocenters. The molecule has 0 unspecified atom stereocenters. The highest BCUT2D eigenvalue weighted by Gasteiger charge is 2.20. The van der Waals surface area contributed by atoms with Crippen LogP contribution in [0.15, 0.2) is 35.4 Å². The number of nitrogens with zero attached hydrogens (tertiary/aromatic N) is 3. The first-order valence-corrected chi connectivity index (χ1v) is 9.31. The number of aromatic nitrogens is 3. The monoisotopic (exact) mass is 372 g/mol. The van der Waals surface area contributed by atoms with Crippen LogP contribution in [-0.4, -0.2) is 14.2 Å². The highest BCUT2D eigenvalue weighted by molar-refractivity contribution is 5.60. The summed E-state index contributed by atoms with van der Waals surface area (Å²) in [4.78, 5) is 17.2. The number of nitrogens with one attached hydrogen (secondary N) is 1. The van der Waals surface area contributed by atoms with Crippen LogP contribution in [0.3, 0.4) is 0 Å². The SMILES string of the molecule is Cn1c(=O)c(CC2CCCCC2)c2ncc(Nc3ccc(F)cc3F)cn21. The lowest BCUT2D eigenvalue weighted by Gasteiger charge is -2.20. The lowest BCUT2D eigenvalue weighted by Crippen LogP contribution is -2.19. The molecule has 0 spiro atoms. The van der Waals surface area contributed by atoms with Crippen LogP contribution in [0.25, 0.3) is 5.65 Å². The third kappa shape index (κ3) is 3.46. The molecule has 27 heavy (non-hydrogen) atoms.